The number of alkyl halides is 3. The minimum absolute atomic E-state index is 0.0960. The summed E-state index contributed by atoms with van der Waals surface area (Å²) < 4.78 is 96.8. The second kappa shape index (κ2) is 12.5. The molecule has 1 aliphatic rings. The first-order valence-electron chi connectivity index (χ1n) is 11.6. The molecule has 16 heteroatoms. The van der Waals surface area contributed by atoms with Crippen molar-refractivity contribution in [3.05, 3.63) is 48.5 Å². The third kappa shape index (κ3) is 9.35. The highest BCUT2D eigenvalue weighted by Gasteiger charge is 2.31. The lowest BCUT2D eigenvalue weighted by Crippen LogP contribution is -2.49. The molecule has 0 aliphatic carbocycles. The van der Waals surface area contributed by atoms with Crippen molar-refractivity contribution in [2.24, 2.45) is 5.92 Å². The lowest BCUT2D eigenvalue weighted by atomic mass is 10.1. The summed E-state index contributed by atoms with van der Waals surface area (Å²) in [6.45, 7) is 1.74. The number of nitrogens with zero attached hydrogens (tertiary/aromatic N) is 2. The van der Waals surface area contributed by atoms with Gasteiger partial charge in [0.15, 0.2) is 9.84 Å². The standard InChI is InChI=1S/C23H28F3N3O8S2/c1-38(32,33)29-14-12-28(13-15-29)11-10-17(22(30)27-31)16-39(34,35)21-8-6-19(7-9-21)36-18-2-4-20(5-3-18)37-23(24,25)26/h2-9,17,31H,10-16H2,1H3,(H,27,30). The first kappa shape index (κ1) is 30.6. The topological polar surface area (TPSA) is 143 Å². The number of carbonyl (C=O) groups excluding carboxylic acids is 1. The molecule has 1 fully saturated rings. The Morgan fingerprint density at radius 2 is 1.46 bits per heavy atom. The first-order chi connectivity index (χ1) is 18.2. The molecule has 0 aromatic heterocycles. The van der Waals surface area contributed by atoms with Crippen molar-refractivity contribution in [1.29, 1.82) is 0 Å². The van der Waals surface area contributed by atoms with E-state index in [0.29, 0.717) is 19.6 Å². The Kier molecular flexibility index (Phi) is 9.82. The molecule has 1 amide bonds. The Bertz CT molecular complexity index is 1330. The summed E-state index contributed by atoms with van der Waals surface area (Å²) in [6, 6.07) is 9.90. The first-order valence-corrected chi connectivity index (χ1v) is 15.1. The number of sulfonamides is 1. The van der Waals surface area contributed by atoms with E-state index in [4.69, 9.17) is 9.94 Å². The number of benzene rings is 2. The summed E-state index contributed by atoms with van der Waals surface area (Å²) in [6.07, 6.45) is -3.59. The zero-order valence-corrected chi connectivity index (χ0v) is 22.4. The van der Waals surface area contributed by atoms with Gasteiger partial charge in [-0.25, -0.2) is 22.3 Å². The predicted octanol–water partition coefficient (Wildman–Crippen LogP) is 2.24. The quantitative estimate of drug-likeness (QED) is 0.295. The van der Waals surface area contributed by atoms with E-state index in [1.165, 1.54) is 46.2 Å². The van der Waals surface area contributed by atoms with Crippen LogP contribution in [0.15, 0.2) is 53.4 Å². The molecule has 1 heterocycles. The monoisotopic (exact) mass is 595 g/mol. The highest BCUT2D eigenvalue weighted by atomic mass is 32.2. The van der Waals surface area contributed by atoms with Gasteiger partial charge in [0.05, 0.1) is 22.8 Å². The van der Waals surface area contributed by atoms with Gasteiger partial charge in [-0.1, -0.05) is 0 Å². The van der Waals surface area contributed by atoms with Gasteiger partial charge in [0.25, 0.3) is 0 Å². The number of hydrogen-bond donors (Lipinski definition) is 2. The fourth-order valence-electron chi connectivity index (χ4n) is 3.93. The van der Waals surface area contributed by atoms with Crippen LogP contribution in [0, 0.1) is 5.92 Å². The minimum atomic E-state index is -4.82. The summed E-state index contributed by atoms with van der Waals surface area (Å²) in [5, 5.41) is 9.12. The molecule has 2 aromatic rings. The van der Waals surface area contributed by atoms with Crippen LogP contribution < -0.4 is 15.0 Å². The lowest BCUT2D eigenvalue weighted by molar-refractivity contribution is -0.274. The maximum atomic E-state index is 13.0. The normalized spacial score (nSPS) is 16.4. The maximum Gasteiger partial charge on any atom is 0.573 e. The third-order valence-corrected chi connectivity index (χ3v) is 9.11. The molecule has 2 N–H and O–H groups in total. The SMILES string of the molecule is CS(=O)(=O)N1CCN(CCC(CS(=O)(=O)c2ccc(Oc3ccc(OC(F)(F)F)cc3)cc2)C(=O)NO)CC1. The number of nitrogens with one attached hydrogen (secondary N) is 1. The van der Waals surface area contributed by atoms with Gasteiger partial charge < -0.3 is 14.4 Å². The van der Waals surface area contributed by atoms with E-state index in [2.05, 4.69) is 4.74 Å². The van der Waals surface area contributed by atoms with E-state index >= 15 is 0 Å². The number of rotatable bonds is 11. The van der Waals surface area contributed by atoms with Crippen molar-refractivity contribution >= 4 is 25.8 Å². The summed E-state index contributed by atoms with van der Waals surface area (Å²) >= 11 is 0. The van der Waals surface area contributed by atoms with E-state index in [1.807, 2.05) is 4.90 Å². The van der Waals surface area contributed by atoms with Crippen LogP contribution in [0.2, 0.25) is 0 Å². The number of sulfone groups is 1. The van der Waals surface area contributed by atoms with Gasteiger partial charge in [0, 0.05) is 26.2 Å². The van der Waals surface area contributed by atoms with Crippen LogP contribution in [-0.2, 0) is 24.7 Å². The average Bonchev–Trinajstić information content (AvgIpc) is 2.86. The van der Waals surface area contributed by atoms with Gasteiger partial charge >= 0.3 is 6.36 Å². The minimum Gasteiger partial charge on any atom is -0.457 e. The lowest BCUT2D eigenvalue weighted by Gasteiger charge is -2.33. The molecule has 3 rings (SSSR count). The molecule has 0 spiro atoms. The molecular weight excluding hydrogens is 567 g/mol. The molecule has 0 radical (unpaired) electrons. The Balaban J connectivity index is 1.59. The van der Waals surface area contributed by atoms with Crippen LogP contribution in [0.3, 0.4) is 0 Å². The number of hydroxylamine groups is 1. The Labute approximate surface area is 224 Å². The maximum absolute atomic E-state index is 13.0. The number of halogens is 3. The van der Waals surface area contributed by atoms with Crippen molar-refractivity contribution in [2.45, 2.75) is 17.7 Å². The van der Waals surface area contributed by atoms with Gasteiger partial charge in [0.2, 0.25) is 15.9 Å². The molecule has 1 unspecified atom stereocenters. The molecule has 1 saturated heterocycles. The van der Waals surface area contributed by atoms with Crippen LogP contribution in [0.1, 0.15) is 6.42 Å². The van der Waals surface area contributed by atoms with Gasteiger partial charge in [-0.3, -0.25) is 10.0 Å². The van der Waals surface area contributed by atoms with E-state index < -0.39 is 49.6 Å². The van der Waals surface area contributed by atoms with Gasteiger partial charge in [-0.15, -0.1) is 13.2 Å². The summed E-state index contributed by atoms with van der Waals surface area (Å²) in [5.74, 6) is -2.51. The molecule has 39 heavy (non-hydrogen) atoms. The van der Waals surface area contributed by atoms with Crippen molar-refractivity contribution in [1.82, 2.24) is 14.7 Å². The van der Waals surface area contributed by atoms with Crippen molar-refractivity contribution < 1.29 is 49.5 Å². The smallest absolute Gasteiger partial charge is 0.457 e. The number of ether oxygens (including phenoxy) is 2. The molecule has 11 nitrogen and oxygen atoms in total. The molecule has 216 valence electrons. The van der Waals surface area contributed by atoms with Gasteiger partial charge in [-0.05, 0) is 61.5 Å². The summed E-state index contributed by atoms with van der Waals surface area (Å²) in [7, 11) is -7.27. The van der Waals surface area contributed by atoms with E-state index in [1.54, 1.807) is 0 Å². The highest BCUT2D eigenvalue weighted by molar-refractivity contribution is 7.91. The zero-order valence-electron chi connectivity index (χ0n) is 20.8. The highest BCUT2D eigenvalue weighted by Crippen LogP contribution is 2.28. The van der Waals surface area contributed by atoms with Crippen LogP contribution in [0.4, 0.5) is 13.2 Å². The Morgan fingerprint density at radius 1 is 0.949 bits per heavy atom. The Hall–Kier alpha value is -2.92. The third-order valence-electron chi connectivity index (χ3n) is 5.97. The average molecular weight is 596 g/mol. The number of hydrogen-bond acceptors (Lipinski definition) is 9. The van der Waals surface area contributed by atoms with Crippen LogP contribution >= 0.6 is 0 Å². The van der Waals surface area contributed by atoms with Crippen molar-refractivity contribution in [3.63, 3.8) is 0 Å². The Morgan fingerprint density at radius 3 is 1.95 bits per heavy atom. The zero-order chi connectivity index (χ0) is 28.8. The van der Waals surface area contributed by atoms with Crippen molar-refractivity contribution in [2.75, 3.05) is 44.7 Å². The molecule has 0 bridgehead atoms. The van der Waals surface area contributed by atoms with E-state index in [-0.39, 0.29) is 35.9 Å². The summed E-state index contributed by atoms with van der Waals surface area (Å²) in [4.78, 5) is 14.0. The van der Waals surface area contributed by atoms with Gasteiger partial charge in [-0.2, -0.15) is 4.31 Å². The second-order valence-corrected chi connectivity index (χ2v) is 12.9. The number of carbonyl (C=O) groups is 1. The molecule has 1 atom stereocenters. The predicted molar refractivity (Wildman–Crippen MR) is 133 cm³/mol. The van der Waals surface area contributed by atoms with Crippen LogP contribution in [-0.4, -0.2) is 88.2 Å². The van der Waals surface area contributed by atoms with E-state index in [0.717, 1.165) is 18.4 Å². The molecular formula is C23H28F3N3O8S2. The van der Waals surface area contributed by atoms with Crippen LogP contribution in [0.25, 0.3) is 0 Å². The van der Waals surface area contributed by atoms with Crippen molar-refractivity contribution in [3.8, 4) is 17.2 Å². The van der Waals surface area contributed by atoms with E-state index in [9.17, 15) is 34.8 Å². The molecule has 0 saturated carbocycles. The molecule has 1 aliphatic heterocycles. The molecule has 2 aromatic carbocycles. The van der Waals surface area contributed by atoms with Crippen LogP contribution in [0.5, 0.6) is 17.2 Å². The summed E-state index contributed by atoms with van der Waals surface area (Å²) in [5.41, 5.74) is 1.51. The largest absolute Gasteiger partial charge is 0.573 e. The second-order valence-electron chi connectivity index (χ2n) is 8.84. The number of piperazine rings is 1. The van der Waals surface area contributed by atoms with Gasteiger partial charge in [0.1, 0.15) is 17.2 Å². The number of amides is 1. The fourth-order valence-corrected chi connectivity index (χ4v) is 6.34. The fraction of sp³-hybridized carbons (Fsp3) is 0.435.